The molecule has 1 amide bonds. The van der Waals surface area contributed by atoms with E-state index in [1.54, 1.807) is 17.8 Å². The van der Waals surface area contributed by atoms with Crippen molar-refractivity contribution < 1.29 is 9.32 Å². The summed E-state index contributed by atoms with van der Waals surface area (Å²) in [5, 5.41) is 7.91. The molecule has 3 rings (SSSR count). The number of carbonyl (C=O) groups is 1. The number of hydrogen-bond acceptors (Lipinski definition) is 5. The minimum absolute atomic E-state index is 0.0797. The Kier molecular flexibility index (Phi) is 6.55. The first kappa shape index (κ1) is 18.8. The number of amides is 1. The predicted molar refractivity (Wildman–Crippen MR) is 103 cm³/mol. The highest BCUT2D eigenvalue weighted by molar-refractivity contribution is 7.99. The number of rotatable bonds is 7. The number of nitrogens with zero attached hydrogens (tertiary/aromatic N) is 2. The second-order valence-electron chi connectivity index (χ2n) is 5.32. The van der Waals surface area contributed by atoms with Crippen LogP contribution in [0.2, 0.25) is 10.0 Å². The van der Waals surface area contributed by atoms with Crippen LogP contribution in [0.3, 0.4) is 0 Å². The molecule has 0 aliphatic rings. The molecule has 134 valence electrons. The summed E-state index contributed by atoms with van der Waals surface area (Å²) in [5.41, 5.74) is 0.690. The normalized spacial score (nSPS) is 10.7. The fourth-order valence-electron chi connectivity index (χ4n) is 2.13. The summed E-state index contributed by atoms with van der Waals surface area (Å²) in [6, 6.07) is 14.8. The number of thioether (sulfide) groups is 1. The Balaban J connectivity index is 1.45. The summed E-state index contributed by atoms with van der Waals surface area (Å²) in [6.07, 6.45) is 0.388. The highest BCUT2D eigenvalue weighted by Crippen LogP contribution is 2.25. The van der Waals surface area contributed by atoms with Gasteiger partial charge in [0.2, 0.25) is 17.6 Å². The fourth-order valence-corrected chi connectivity index (χ4v) is 3.33. The second kappa shape index (κ2) is 9.07. The first-order valence-electron chi connectivity index (χ1n) is 7.84. The van der Waals surface area contributed by atoms with Crippen LogP contribution in [0.15, 0.2) is 57.9 Å². The average Bonchev–Trinajstić information content (AvgIpc) is 3.11. The van der Waals surface area contributed by atoms with Gasteiger partial charge in [0, 0.05) is 27.7 Å². The van der Waals surface area contributed by atoms with E-state index >= 15 is 0 Å². The van der Waals surface area contributed by atoms with E-state index in [9.17, 15) is 4.79 Å². The van der Waals surface area contributed by atoms with Gasteiger partial charge >= 0.3 is 0 Å². The summed E-state index contributed by atoms with van der Waals surface area (Å²) in [4.78, 5) is 17.3. The molecule has 1 N–H and O–H groups in total. The van der Waals surface area contributed by atoms with Crippen LogP contribution in [-0.2, 0) is 11.3 Å². The standard InChI is InChI=1S/C18H15Cl2N3O2S/c19-12-5-7-13(8-6-12)26-10-9-16(24)21-11-17-22-18(23-25-17)14-3-1-2-4-15(14)20/h1-8H,9-11H2,(H,21,24). The molecular formula is C18H15Cl2N3O2S. The van der Waals surface area contributed by atoms with Crippen molar-refractivity contribution in [3.8, 4) is 11.4 Å². The van der Waals surface area contributed by atoms with E-state index in [0.717, 1.165) is 4.90 Å². The molecule has 0 spiro atoms. The van der Waals surface area contributed by atoms with Gasteiger partial charge in [-0.3, -0.25) is 4.79 Å². The lowest BCUT2D eigenvalue weighted by Crippen LogP contribution is -2.23. The van der Waals surface area contributed by atoms with Crippen molar-refractivity contribution in [1.82, 2.24) is 15.5 Å². The third kappa shape index (κ3) is 5.24. The summed E-state index contributed by atoms with van der Waals surface area (Å²) < 4.78 is 5.16. The van der Waals surface area contributed by atoms with E-state index in [1.165, 1.54) is 0 Å². The van der Waals surface area contributed by atoms with Crippen molar-refractivity contribution >= 4 is 40.9 Å². The molecule has 0 unspecified atom stereocenters. The van der Waals surface area contributed by atoms with Crippen LogP contribution in [-0.4, -0.2) is 21.8 Å². The Morgan fingerprint density at radius 2 is 1.88 bits per heavy atom. The molecule has 8 heteroatoms. The molecule has 2 aromatic carbocycles. The number of carbonyl (C=O) groups excluding carboxylic acids is 1. The van der Waals surface area contributed by atoms with Gasteiger partial charge in [-0.15, -0.1) is 11.8 Å². The zero-order valence-electron chi connectivity index (χ0n) is 13.6. The Labute approximate surface area is 165 Å². The molecule has 0 atom stereocenters. The van der Waals surface area contributed by atoms with Gasteiger partial charge in [0.05, 0.1) is 11.6 Å². The topological polar surface area (TPSA) is 68.0 Å². The molecule has 5 nitrogen and oxygen atoms in total. The summed E-state index contributed by atoms with van der Waals surface area (Å²) in [5.74, 6) is 1.32. The highest BCUT2D eigenvalue weighted by Gasteiger charge is 2.12. The second-order valence-corrected chi connectivity index (χ2v) is 7.33. The summed E-state index contributed by atoms with van der Waals surface area (Å²) in [6.45, 7) is 0.182. The SMILES string of the molecule is O=C(CCSc1ccc(Cl)cc1)NCc1nc(-c2ccccc2Cl)no1. The average molecular weight is 408 g/mol. The third-order valence-corrected chi connectivity index (χ3v) is 5.03. The van der Waals surface area contributed by atoms with E-state index in [0.29, 0.717) is 39.5 Å². The van der Waals surface area contributed by atoms with Crippen molar-refractivity contribution in [3.63, 3.8) is 0 Å². The molecule has 0 saturated carbocycles. The number of aromatic nitrogens is 2. The van der Waals surface area contributed by atoms with Gasteiger partial charge in [0.1, 0.15) is 0 Å². The van der Waals surface area contributed by atoms with Crippen LogP contribution in [0, 0.1) is 0 Å². The Bertz CT molecular complexity index is 884. The van der Waals surface area contributed by atoms with Crippen LogP contribution < -0.4 is 5.32 Å². The quantitative estimate of drug-likeness (QED) is 0.567. The zero-order chi connectivity index (χ0) is 18.4. The molecule has 0 aliphatic heterocycles. The van der Waals surface area contributed by atoms with Gasteiger partial charge in [-0.2, -0.15) is 4.98 Å². The van der Waals surface area contributed by atoms with Crippen molar-refractivity contribution in [2.45, 2.75) is 17.9 Å². The molecular weight excluding hydrogens is 393 g/mol. The van der Waals surface area contributed by atoms with Crippen molar-refractivity contribution in [3.05, 3.63) is 64.5 Å². The van der Waals surface area contributed by atoms with E-state index in [1.807, 2.05) is 42.5 Å². The minimum atomic E-state index is -0.0797. The fraction of sp³-hybridized carbons (Fsp3) is 0.167. The van der Waals surface area contributed by atoms with Gasteiger partial charge in [0.25, 0.3) is 0 Å². The molecule has 26 heavy (non-hydrogen) atoms. The van der Waals surface area contributed by atoms with E-state index < -0.39 is 0 Å². The molecule has 0 fully saturated rings. The first-order chi connectivity index (χ1) is 12.6. The van der Waals surface area contributed by atoms with Gasteiger partial charge in [-0.25, -0.2) is 0 Å². The Morgan fingerprint density at radius 1 is 1.12 bits per heavy atom. The maximum Gasteiger partial charge on any atom is 0.246 e. The van der Waals surface area contributed by atoms with Gasteiger partial charge in [0.15, 0.2) is 0 Å². The Hall–Kier alpha value is -2.02. The molecule has 0 saturated heterocycles. The Morgan fingerprint density at radius 3 is 2.65 bits per heavy atom. The van der Waals surface area contributed by atoms with Crippen LogP contribution in [0.1, 0.15) is 12.3 Å². The molecule has 0 radical (unpaired) electrons. The maximum absolute atomic E-state index is 11.9. The minimum Gasteiger partial charge on any atom is -0.347 e. The summed E-state index contributed by atoms with van der Waals surface area (Å²) >= 11 is 13.6. The lowest BCUT2D eigenvalue weighted by atomic mass is 10.2. The maximum atomic E-state index is 11.9. The number of halogens is 2. The zero-order valence-corrected chi connectivity index (χ0v) is 15.9. The van der Waals surface area contributed by atoms with Crippen LogP contribution in [0.4, 0.5) is 0 Å². The van der Waals surface area contributed by atoms with Crippen molar-refractivity contribution in [2.24, 2.45) is 0 Å². The highest BCUT2D eigenvalue weighted by atomic mass is 35.5. The van der Waals surface area contributed by atoms with Crippen molar-refractivity contribution in [1.29, 1.82) is 0 Å². The lowest BCUT2D eigenvalue weighted by Gasteiger charge is -2.03. The molecule has 1 heterocycles. The number of nitrogens with one attached hydrogen (secondary N) is 1. The van der Waals surface area contributed by atoms with Crippen LogP contribution in [0.25, 0.3) is 11.4 Å². The molecule has 0 bridgehead atoms. The largest absolute Gasteiger partial charge is 0.347 e. The molecule has 1 aromatic heterocycles. The number of hydrogen-bond donors (Lipinski definition) is 1. The lowest BCUT2D eigenvalue weighted by molar-refractivity contribution is -0.120. The number of benzene rings is 2. The van der Waals surface area contributed by atoms with Gasteiger partial charge in [-0.1, -0.05) is 40.5 Å². The van der Waals surface area contributed by atoms with Crippen LogP contribution >= 0.6 is 35.0 Å². The molecule has 0 aliphatic carbocycles. The van der Waals surface area contributed by atoms with E-state index in [4.69, 9.17) is 27.7 Å². The predicted octanol–water partition coefficient (Wildman–Crippen LogP) is 4.84. The third-order valence-electron chi connectivity index (χ3n) is 3.43. The van der Waals surface area contributed by atoms with Crippen LogP contribution in [0.5, 0.6) is 0 Å². The van der Waals surface area contributed by atoms with Gasteiger partial charge in [-0.05, 0) is 36.4 Å². The summed E-state index contributed by atoms with van der Waals surface area (Å²) in [7, 11) is 0. The van der Waals surface area contributed by atoms with Crippen molar-refractivity contribution in [2.75, 3.05) is 5.75 Å². The smallest absolute Gasteiger partial charge is 0.246 e. The monoisotopic (exact) mass is 407 g/mol. The van der Waals surface area contributed by atoms with Gasteiger partial charge < -0.3 is 9.84 Å². The van der Waals surface area contributed by atoms with E-state index in [-0.39, 0.29) is 12.5 Å². The molecule has 3 aromatic rings. The first-order valence-corrected chi connectivity index (χ1v) is 9.58. The van der Waals surface area contributed by atoms with E-state index in [2.05, 4.69) is 15.5 Å².